The molecule has 0 N–H and O–H groups in total. The van der Waals surface area contributed by atoms with Crippen molar-refractivity contribution >= 4 is 44.6 Å². The van der Waals surface area contributed by atoms with Crippen LogP contribution in [0.3, 0.4) is 0 Å². The molecule has 10 aromatic rings. The number of ether oxygens (including phenoxy) is 1. The molecule has 0 saturated heterocycles. The molecule has 0 saturated carbocycles. The van der Waals surface area contributed by atoms with Crippen molar-refractivity contribution in [1.29, 1.82) is 0 Å². The second kappa shape index (κ2) is 19.0. The minimum atomic E-state index is -2.42. The summed E-state index contributed by atoms with van der Waals surface area (Å²) in [5.74, 6) is 1.46. The first-order valence-corrected chi connectivity index (χ1v) is 24.8. The van der Waals surface area contributed by atoms with Gasteiger partial charge < -0.3 is 19.1 Å². The molecule has 0 radical (unpaired) electrons. The van der Waals surface area contributed by atoms with Gasteiger partial charge in [0.15, 0.2) is 0 Å². The average Bonchev–Trinajstić information content (AvgIpc) is 3.95. The largest absolute Gasteiger partial charge is 0.509 e. The van der Waals surface area contributed by atoms with Gasteiger partial charge in [-0.25, -0.2) is 4.98 Å². The van der Waals surface area contributed by atoms with Gasteiger partial charge in [-0.1, -0.05) is 183 Å². The molecule has 6 heteroatoms. The second-order valence-electron chi connectivity index (χ2n) is 22.1. The molecule has 0 bridgehead atoms. The summed E-state index contributed by atoms with van der Waals surface area (Å²) in [6, 6.07) is 67.8. The van der Waals surface area contributed by atoms with Gasteiger partial charge in [0, 0.05) is 76.6 Å². The summed E-state index contributed by atoms with van der Waals surface area (Å²) in [6.07, 6.45) is 1.70. The second-order valence-corrected chi connectivity index (χ2v) is 22.1. The number of aromatic nitrogens is 2. The van der Waals surface area contributed by atoms with E-state index in [1.54, 1.807) is 12.3 Å². The molecule has 0 fully saturated rings. The molecule has 11 rings (SSSR count). The van der Waals surface area contributed by atoms with E-state index >= 15 is 0 Å². The number of hydrogen-bond donors (Lipinski definition) is 0. The number of pyridine rings is 1. The van der Waals surface area contributed by atoms with Crippen LogP contribution < -0.4 is 14.5 Å². The van der Waals surface area contributed by atoms with Gasteiger partial charge in [0.05, 0.1) is 0 Å². The Morgan fingerprint density at radius 1 is 0.521 bits per heavy atom. The van der Waals surface area contributed by atoms with Gasteiger partial charge >= 0.3 is 0 Å². The third kappa shape index (κ3) is 9.52. The summed E-state index contributed by atoms with van der Waals surface area (Å²) >= 11 is 0. The molecular formula is C67H61N4OPt-3. The van der Waals surface area contributed by atoms with Gasteiger partial charge in [0.1, 0.15) is 5.82 Å². The fourth-order valence-electron chi connectivity index (χ4n) is 9.80. The number of rotatable bonds is 8. The van der Waals surface area contributed by atoms with Crippen LogP contribution in [0, 0.1) is 25.7 Å². The van der Waals surface area contributed by atoms with Crippen LogP contribution in [0.2, 0.25) is 0 Å². The van der Waals surface area contributed by atoms with E-state index in [0.717, 1.165) is 66.9 Å². The van der Waals surface area contributed by atoms with Crippen molar-refractivity contribution in [2.45, 2.75) is 85.4 Å². The molecule has 368 valence electrons. The average molecular weight is 1140 g/mol. The third-order valence-corrected chi connectivity index (χ3v) is 13.9. The fourth-order valence-corrected chi connectivity index (χ4v) is 9.80. The van der Waals surface area contributed by atoms with E-state index in [-0.39, 0.29) is 42.9 Å². The molecule has 3 heterocycles. The van der Waals surface area contributed by atoms with Crippen molar-refractivity contribution in [3.8, 4) is 50.7 Å². The van der Waals surface area contributed by atoms with E-state index in [9.17, 15) is 0 Å². The Morgan fingerprint density at radius 3 is 1.82 bits per heavy atom. The Balaban J connectivity index is 0.00000657. The summed E-state index contributed by atoms with van der Waals surface area (Å²) in [4.78, 5) is 9.55. The number of nitrogens with zero attached hydrogens (tertiary/aromatic N) is 4. The number of fused-ring (bicyclic) bond motifs is 4. The van der Waals surface area contributed by atoms with Crippen molar-refractivity contribution in [3.05, 3.63) is 223 Å². The van der Waals surface area contributed by atoms with Crippen LogP contribution in [0.4, 0.5) is 22.7 Å². The Morgan fingerprint density at radius 2 is 1.15 bits per heavy atom. The maximum Gasteiger partial charge on any atom is 0.135 e. The van der Waals surface area contributed by atoms with Crippen LogP contribution in [0.15, 0.2) is 182 Å². The normalized spacial score (nSPS) is 13.6. The Kier molecular flexibility index (Phi) is 11.9. The zero-order valence-corrected chi connectivity index (χ0v) is 45.2. The topological polar surface area (TPSA) is 33.5 Å². The van der Waals surface area contributed by atoms with E-state index in [1.165, 1.54) is 16.7 Å². The number of para-hydroxylation sites is 1. The van der Waals surface area contributed by atoms with E-state index in [2.05, 4.69) is 212 Å². The molecule has 1 aliphatic heterocycles. The van der Waals surface area contributed by atoms with Crippen molar-refractivity contribution in [1.82, 2.24) is 9.55 Å². The van der Waals surface area contributed by atoms with E-state index in [1.807, 2.05) is 53.1 Å². The van der Waals surface area contributed by atoms with Crippen LogP contribution >= 0.6 is 0 Å². The van der Waals surface area contributed by atoms with Gasteiger partial charge in [-0.15, -0.1) is 48.1 Å². The smallest absolute Gasteiger partial charge is 0.135 e. The summed E-state index contributed by atoms with van der Waals surface area (Å²) in [7, 11) is 0. The summed E-state index contributed by atoms with van der Waals surface area (Å²) in [6.45, 7) is 19.9. The first kappa shape index (κ1) is 45.6. The molecule has 1 aliphatic rings. The van der Waals surface area contributed by atoms with Crippen LogP contribution in [-0.2, 0) is 37.3 Å². The molecule has 0 aliphatic carbocycles. The Hall–Kier alpha value is -7.20. The standard InChI is InChI=1S/C67H61N4O.Pt/c1-44-35-63(68-42-59(44)47-27-30-49(31-28-47)65(2,3)4)71-60-34-29-48(45-19-13-11-14-20-45)36-58(60)57-33-32-55(41-62(57)71)72-54-24-17-23-52(40-54)69-43-70(53-38-50(66(5,6)7)37-51(39-53)67(8,9)10)64-56(25-18-26-61(64)69)46-21-15-12-16-22-46;/h11-39,42-43H,1-10H3;/q-3;/i1D3;. The first-order chi connectivity index (χ1) is 35.7. The van der Waals surface area contributed by atoms with Gasteiger partial charge in [-0.05, 0) is 103 Å². The zero-order chi connectivity index (χ0) is 52.6. The number of aryl methyl sites for hydroxylation is 1. The SMILES string of the molecule is [2H]C([2H])([2H])c1cc(-n2c3[c-]c(Oc4[c-]c(N5[CH-]N(c6cc(C(C)(C)C)cc(C(C)(C)C)c6)c6c(-c7ccccc7)cccc65)ccc4)ccc3c3cc(-c4ccccc4)ccc32)ncc1-c1ccc(C(C)(C)C)cc1.[Pt]. The maximum atomic E-state index is 8.78. The van der Waals surface area contributed by atoms with Crippen LogP contribution in [0.25, 0.3) is 61.0 Å². The Bertz CT molecular complexity index is 3740. The number of hydrogen-bond acceptors (Lipinski definition) is 4. The van der Waals surface area contributed by atoms with Crippen LogP contribution in [-0.4, -0.2) is 9.55 Å². The maximum absolute atomic E-state index is 8.78. The molecule has 8 aromatic carbocycles. The van der Waals surface area contributed by atoms with E-state index in [0.29, 0.717) is 28.4 Å². The number of benzene rings is 8. The number of anilines is 4. The molecule has 73 heavy (non-hydrogen) atoms. The summed E-state index contributed by atoms with van der Waals surface area (Å²) < 4.78 is 35.1. The van der Waals surface area contributed by atoms with Crippen molar-refractivity contribution in [2.75, 3.05) is 9.80 Å². The van der Waals surface area contributed by atoms with Crippen molar-refractivity contribution in [2.24, 2.45) is 0 Å². The first-order valence-electron chi connectivity index (χ1n) is 26.3. The molecule has 5 nitrogen and oxygen atoms in total. The minimum Gasteiger partial charge on any atom is -0.509 e. The minimum absolute atomic E-state index is 0. The van der Waals surface area contributed by atoms with Gasteiger partial charge in [-0.2, -0.15) is 12.1 Å². The van der Waals surface area contributed by atoms with Crippen LogP contribution in [0.1, 0.15) is 88.7 Å². The third-order valence-electron chi connectivity index (χ3n) is 13.9. The fraction of sp³-hybridized carbons (Fsp3) is 0.194. The molecule has 0 unspecified atom stereocenters. The Labute approximate surface area is 450 Å². The monoisotopic (exact) mass is 1140 g/mol. The summed E-state index contributed by atoms with van der Waals surface area (Å²) in [5.41, 5.74) is 15.1. The van der Waals surface area contributed by atoms with Gasteiger partial charge in [0.2, 0.25) is 0 Å². The van der Waals surface area contributed by atoms with Crippen LogP contribution in [0.5, 0.6) is 11.5 Å². The molecule has 0 atom stereocenters. The molecular weight excluding hydrogens is 1070 g/mol. The van der Waals surface area contributed by atoms with E-state index in [4.69, 9.17) is 13.8 Å². The van der Waals surface area contributed by atoms with Crippen molar-refractivity contribution < 1.29 is 29.9 Å². The quantitative estimate of drug-likeness (QED) is 0.142. The van der Waals surface area contributed by atoms with Gasteiger partial charge in [0.25, 0.3) is 0 Å². The molecule has 2 aromatic heterocycles. The molecule has 0 amide bonds. The summed E-state index contributed by atoms with van der Waals surface area (Å²) in [5, 5.41) is 1.90. The predicted octanol–water partition coefficient (Wildman–Crippen LogP) is 18.2. The van der Waals surface area contributed by atoms with Crippen molar-refractivity contribution in [3.63, 3.8) is 0 Å². The molecule has 0 spiro atoms. The van der Waals surface area contributed by atoms with E-state index < -0.39 is 6.85 Å². The zero-order valence-electron chi connectivity index (χ0n) is 45.9. The predicted molar refractivity (Wildman–Crippen MR) is 301 cm³/mol. The van der Waals surface area contributed by atoms with Gasteiger partial charge in [-0.3, -0.25) is 0 Å².